The monoisotopic (exact) mass is 226 g/mol. The van der Waals surface area contributed by atoms with E-state index in [0.717, 1.165) is 24.4 Å². The Hall–Kier alpha value is -0.0800. The van der Waals surface area contributed by atoms with Crippen molar-refractivity contribution in [2.75, 3.05) is 26.2 Å². The van der Waals surface area contributed by atoms with Gasteiger partial charge < -0.3 is 10.2 Å². The molecule has 1 rings (SSSR count). The zero-order valence-corrected chi connectivity index (χ0v) is 11.6. The first kappa shape index (κ1) is 14.0. The van der Waals surface area contributed by atoms with Gasteiger partial charge in [-0.1, -0.05) is 27.7 Å². The van der Waals surface area contributed by atoms with E-state index in [1.165, 1.54) is 38.9 Å². The summed E-state index contributed by atoms with van der Waals surface area (Å²) < 4.78 is 0. The Morgan fingerprint density at radius 3 is 2.31 bits per heavy atom. The maximum atomic E-state index is 3.56. The van der Waals surface area contributed by atoms with Gasteiger partial charge in [-0.05, 0) is 44.2 Å². The molecule has 2 heteroatoms. The zero-order chi connectivity index (χ0) is 12.0. The van der Waals surface area contributed by atoms with Gasteiger partial charge in [0.25, 0.3) is 0 Å². The van der Waals surface area contributed by atoms with E-state index >= 15 is 0 Å². The summed E-state index contributed by atoms with van der Waals surface area (Å²) in [5, 5.41) is 3.56. The lowest BCUT2D eigenvalue weighted by Gasteiger charge is -2.19. The molecule has 0 bridgehead atoms. The Bertz CT molecular complexity index is 172. The van der Waals surface area contributed by atoms with Crippen LogP contribution in [0.25, 0.3) is 0 Å². The molecule has 96 valence electrons. The van der Waals surface area contributed by atoms with Crippen LogP contribution in [0.15, 0.2) is 0 Å². The van der Waals surface area contributed by atoms with Crippen molar-refractivity contribution in [1.82, 2.24) is 10.2 Å². The van der Waals surface area contributed by atoms with Crippen molar-refractivity contribution < 1.29 is 0 Å². The molecule has 3 unspecified atom stereocenters. The van der Waals surface area contributed by atoms with E-state index in [1.54, 1.807) is 0 Å². The molecular weight excluding hydrogens is 196 g/mol. The normalized spacial score (nSPS) is 28.5. The molecular formula is C14H30N2. The molecule has 0 aromatic rings. The summed E-state index contributed by atoms with van der Waals surface area (Å²) in [5.41, 5.74) is 0. The van der Waals surface area contributed by atoms with Gasteiger partial charge in [0.2, 0.25) is 0 Å². The van der Waals surface area contributed by atoms with Crippen molar-refractivity contribution in [2.24, 2.45) is 11.8 Å². The molecule has 0 amide bonds. The van der Waals surface area contributed by atoms with E-state index in [2.05, 4.69) is 37.9 Å². The number of nitrogens with zero attached hydrogens (tertiary/aromatic N) is 1. The van der Waals surface area contributed by atoms with Crippen LogP contribution in [-0.2, 0) is 0 Å². The van der Waals surface area contributed by atoms with Gasteiger partial charge in [0.1, 0.15) is 0 Å². The molecule has 3 atom stereocenters. The van der Waals surface area contributed by atoms with Crippen LogP contribution in [0.2, 0.25) is 0 Å². The number of likely N-dealkylation sites (tertiary alicyclic amines) is 1. The molecule has 0 aromatic heterocycles. The minimum Gasteiger partial charge on any atom is -0.314 e. The van der Waals surface area contributed by atoms with Crippen LogP contribution in [0.1, 0.15) is 47.0 Å². The Labute approximate surface area is 102 Å². The SMILES string of the molecule is CCNC(CC)CCCN1CC(C)C(C)C1. The van der Waals surface area contributed by atoms with E-state index in [9.17, 15) is 0 Å². The first-order valence-electron chi connectivity index (χ1n) is 7.13. The largest absolute Gasteiger partial charge is 0.314 e. The van der Waals surface area contributed by atoms with Crippen LogP contribution < -0.4 is 5.32 Å². The van der Waals surface area contributed by atoms with E-state index < -0.39 is 0 Å². The molecule has 0 aliphatic carbocycles. The summed E-state index contributed by atoms with van der Waals surface area (Å²) >= 11 is 0. The predicted molar refractivity (Wildman–Crippen MR) is 71.8 cm³/mol. The standard InChI is InChI=1S/C14H30N2/c1-5-14(15-6-2)8-7-9-16-10-12(3)13(4)11-16/h12-15H,5-11H2,1-4H3. The highest BCUT2D eigenvalue weighted by Gasteiger charge is 2.25. The third-order valence-corrected chi connectivity index (χ3v) is 4.08. The van der Waals surface area contributed by atoms with E-state index in [4.69, 9.17) is 0 Å². The second-order valence-corrected chi connectivity index (χ2v) is 5.52. The topological polar surface area (TPSA) is 15.3 Å². The summed E-state index contributed by atoms with van der Waals surface area (Å²) in [7, 11) is 0. The molecule has 16 heavy (non-hydrogen) atoms. The third kappa shape index (κ3) is 4.42. The average Bonchev–Trinajstić information content (AvgIpc) is 2.57. The maximum absolute atomic E-state index is 3.56. The van der Waals surface area contributed by atoms with Crippen LogP contribution in [0, 0.1) is 11.8 Å². The fraction of sp³-hybridized carbons (Fsp3) is 1.00. The maximum Gasteiger partial charge on any atom is 0.00647 e. The van der Waals surface area contributed by atoms with E-state index in [-0.39, 0.29) is 0 Å². The van der Waals surface area contributed by atoms with Gasteiger partial charge in [0, 0.05) is 19.1 Å². The predicted octanol–water partition coefficient (Wildman–Crippen LogP) is 2.74. The Morgan fingerprint density at radius 1 is 1.19 bits per heavy atom. The molecule has 0 spiro atoms. The Kier molecular flexibility index (Phi) is 6.37. The lowest BCUT2D eigenvalue weighted by Crippen LogP contribution is -2.30. The molecule has 0 radical (unpaired) electrons. The first-order valence-corrected chi connectivity index (χ1v) is 7.13. The van der Waals surface area contributed by atoms with Crippen molar-refractivity contribution >= 4 is 0 Å². The van der Waals surface area contributed by atoms with Crippen molar-refractivity contribution in [3.05, 3.63) is 0 Å². The lowest BCUT2D eigenvalue weighted by molar-refractivity contribution is 0.305. The van der Waals surface area contributed by atoms with Gasteiger partial charge in [0.15, 0.2) is 0 Å². The molecule has 0 saturated carbocycles. The van der Waals surface area contributed by atoms with E-state index in [1.807, 2.05) is 0 Å². The van der Waals surface area contributed by atoms with Gasteiger partial charge >= 0.3 is 0 Å². The second-order valence-electron chi connectivity index (χ2n) is 5.52. The van der Waals surface area contributed by atoms with Crippen LogP contribution in [0.3, 0.4) is 0 Å². The average molecular weight is 226 g/mol. The second kappa shape index (κ2) is 7.29. The number of hydrogen-bond acceptors (Lipinski definition) is 2. The summed E-state index contributed by atoms with van der Waals surface area (Å²) in [5.74, 6) is 1.80. The molecule has 1 fully saturated rings. The highest BCUT2D eigenvalue weighted by Crippen LogP contribution is 2.22. The highest BCUT2D eigenvalue weighted by atomic mass is 15.1. The Balaban J connectivity index is 2.11. The Morgan fingerprint density at radius 2 is 1.81 bits per heavy atom. The summed E-state index contributed by atoms with van der Waals surface area (Å²) in [6.07, 6.45) is 3.95. The molecule has 0 aromatic carbocycles. The fourth-order valence-corrected chi connectivity index (χ4v) is 2.73. The smallest absolute Gasteiger partial charge is 0.00647 e. The number of hydrogen-bond donors (Lipinski definition) is 1. The first-order chi connectivity index (χ1) is 7.67. The molecule has 1 aliphatic rings. The molecule has 1 saturated heterocycles. The zero-order valence-electron chi connectivity index (χ0n) is 11.6. The minimum absolute atomic E-state index is 0.738. The minimum atomic E-state index is 0.738. The van der Waals surface area contributed by atoms with Gasteiger partial charge in [-0.15, -0.1) is 0 Å². The molecule has 1 heterocycles. The van der Waals surface area contributed by atoms with E-state index in [0.29, 0.717) is 0 Å². The van der Waals surface area contributed by atoms with Crippen LogP contribution >= 0.6 is 0 Å². The lowest BCUT2D eigenvalue weighted by atomic mass is 10.0. The summed E-state index contributed by atoms with van der Waals surface area (Å²) in [6, 6.07) is 0.738. The fourth-order valence-electron chi connectivity index (χ4n) is 2.73. The van der Waals surface area contributed by atoms with Crippen molar-refractivity contribution in [1.29, 1.82) is 0 Å². The van der Waals surface area contributed by atoms with Crippen molar-refractivity contribution in [2.45, 2.75) is 53.0 Å². The van der Waals surface area contributed by atoms with Crippen LogP contribution in [0.4, 0.5) is 0 Å². The summed E-state index contributed by atoms with van der Waals surface area (Å²) in [6.45, 7) is 14.3. The van der Waals surface area contributed by atoms with Crippen molar-refractivity contribution in [3.8, 4) is 0 Å². The molecule has 1 aliphatic heterocycles. The number of nitrogens with one attached hydrogen (secondary N) is 1. The van der Waals surface area contributed by atoms with Crippen LogP contribution in [-0.4, -0.2) is 37.1 Å². The molecule has 1 N–H and O–H groups in total. The van der Waals surface area contributed by atoms with Crippen molar-refractivity contribution in [3.63, 3.8) is 0 Å². The number of rotatable bonds is 7. The quantitative estimate of drug-likeness (QED) is 0.718. The van der Waals surface area contributed by atoms with Crippen LogP contribution in [0.5, 0.6) is 0 Å². The summed E-state index contributed by atoms with van der Waals surface area (Å²) in [4.78, 5) is 2.65. The molecule has 2 nitrogen and oxygen atoms in total. The third-order valence-electron chi connectivity index (χ3n) is 4.08. The van der Waals surface area contributed by atoms with Gasteiger partial charge in [-0.2, -0.15) is 0 Å². The highest BCUT2D eigenvalue weighted by molar-refractivity contribution is 4.78. The van der Waals surface area contributed by atoms with Gasteiger partial charge in [0.05, 0.1) is 0 Å². The van der Waals surface area contributed by atoms with Gasteiger partial charge in [-0.3, -0.25) is 0 Å². The van der Waals surface area contributed by atoms with Gasteiger partial charge in [-0.25, -0.2) is 0 Å².